The molecule has 0 radical (unpaired) electrons. The van der Waals surface area contributed by atoms with Crippen molar-refractivity contribution in [3.8, 4) is 5.75 Å². The van der Waals surface area contributed by atoms with Gasteiger partial charge in [-0.1, -0.05) is 23.2 Å². The first-order valence-electron chi connectivity index (χ1n) is 7.01. The molecule has 1 heterocycles. The van der Waals surface area contributed by atoms with Gasteiger partial charge in [-0.3, -0.25) is 9.59 Å². The molecule has 1 aromatic carbocycles. The molecule has 1 amide bonds. The highest BCUT2D eigenvalue weighted by molar-refractivity contribution is 6.34. The molecule has 1 fully saturated rings. The Hall–Kier alpha value is -1.46. The third-order valence-electron chi connectivity index (χ3n) is 3.65. The minimum absolute atomic E-state index is 0.167. The van der Waals surface area contributed by atoms with Gasteiger partial charge >= 0.3 is 5.97 Å². The number of ether oxygens (including phenoxy) is 1. The summed E-state index contributed by atoms with van der Waals surface area (Å²) in [6.45, 7) is 2.51. The molecule has 2 rings (SSSR count). The summed E-state index contributed by atoms with van der Waals surface area (Å²) in [6, 6.07) is 4.76. The number of rotatable bonds is 4. The fraction of sp³-hybridized carbons (Fsp3) is 0.467. The van der Waals surface area contributed by atoms with Crippen molar-refractivity contribution in [2.75, 3.05) is 13.1 Å². The Bertz CT molecular complexity index is 550. The van der Waals surface area contributed by atoms with Crippen molar-refractivity contribution in [3.63, 3.8) is 0 Å². The lowest BCUT2D eigenvalue weighted by Crippen LogP contribution is -2.45. The van der Waals surface area contributed by atoms with Crippen molar-refractivity contribution in [2.24, 2.45) is 5.92 Å². The van der Waals surface area contributed by atoms with Crippen LogP contribution in [0.1, 0.15) is 19.8 Å². The van der Waals surface area contributed by atoms with Crippen molar-refractivity contribution < 1.29 is 19.4 Å². The van der Waals surface area contributed by atoms with Gasteiger partial charge in [-0.25, -0.2) is 0 Å². The smallest absolute Gasteiger partial charge is 0.306 e. The molecule has 120 valence electrons. The van der Waals surface area contributed by atoms with Gasteiger partial charge in [0.15, 0.2) is 6.10 Å². The zero-order valence-corrected chi connectivity index (χ0v) is 13.6. The minimum atomic E-state index is -0.801. The summed E-state index contributed by atoms with van der Waals surface area (Å²) in [7, 11) is 0. The normalized spacial score (nSPS) is 17.1. The Morgan fingerprint density at radius 1 is 1.23 bits per heavy atom. The summed E-state index contributed by atoms with van der Waals surface area (Å²) in [4.78, 5) is 24.9. The average Bonchev–Trinajstić information content (AvgIpc) is 2.45. The second-order valence-corrected chi connectivity index (χ2v) is 6.18. The summed E-state index contributed by atoms with van der Waals surface area (Å²) < 4.78 is 5.59. The topological polar surface area (TPSA) is 66.8 Å². The lowest BCUT2D eigenvalue weighted by Gasteiger charge is -2.32. The molecule has 7 heteroatoms. The molecule has 0 aromatic heterocycles. The summed E-state index contributed by atoms with van der Waals surface area (Å²) in [5.74, 6) is -0.907. The summed E-state index contributed by atoms with van der Waals surface area (Å²) in [5, 5.41) is 9.84. The zero-order chi connectivity index (χ0) is 16.3. The molecule has 1 N–H and O–H groups in total. The van der Waals surface area contributed by atoms with Gasteiger partial charge in [0, 0.05) is 23.1 Å². The first-order valence-corrected chi connectivity index (χ1v) is 7.76. The number of carbonyl (C=O) groups excluding carboxylic acids is 1. The number of hydrogen-bond donors (Lipinski definition) is 1. The van der Waals surface area contributed by atoms with Crippen LogP contribution in [0.4, 0.5) is 0 Å². The van der Waals surface area contributed by atoms with Crippen molar-refractivity contribution in [3.05, 3.63) is 28.2 Å². The summed E-state index contributed by atoms with van der Waals surface area (Å²) in [6.07, 6.45) is 0.254. The van der Waals surface area contributed by atoms with E-state index in [0.29, 0.717) is 41.7 Å². The SMILES string of the molecule is C[C@H](Oc1cc(Cl)cc(Cl)c1)C(=O)N1CCC(C(=O)O)CC1. The third kappa shape index (κ3) is 4.27. The van der Waals surface area contributed by atoms with Gasteiger partial charge in [0.1, 0.15) is 5.75 Å². The van der Waals surface area contributed by atoms with E-state index in [1.54, 1.807) is 30.0 Å². The van der Waals surface area contributed by atoms with Gasteiger partial charge in [0.05, 0.1) is 5.92 Å². The maximum Gasteiger partial charge on any atom is 0.306 e. The molecule has 0 saturated carbocycles. The van der Waals surface area contributed by atoms with E-state index < -0.39 is 12.1 Å². The van der Waals surface area contributed by atoms with E-state index in [1.165, 1.54) is 0 Å². The quantitative estimate of drug-likeness (QED) is 0.910. The minimum Gasteiger partial charge on any atom is -0.481 e. The van der Waals surface area contributed by atoms with Crippen molar-refractivity contribution >= 4 is 35.1 Å². The first kappa shape index (κ1) is 16.9. The predicted molar refractivity (Wildman–Crippen MR) is 83.5 cm³/mol. The van der Waals surface area contributed by atoms with Gasteiger partial charge in [-0.2, -0.15) is 0 Å². The zero-order valence-electron chi connectivity index (χ0n) is 12.1. The lowest BCUT2D eigenvalue weighted by atomic mass is 9.97. The van der Waals surface area contributed by atoms with E-state index in [1.807, 2.05) is 0 Å². The highest BCUT2D eigenvalue weighted by Gasteiger charge is 2.29. The molecule has 0 aliphatic carbocycles. The number of halogens is 2. The predicted octanol–water partition coefficient (Wildman–Crippen LogP) is 3.08. The van der Waals surface area contributed by atoms with Crippen molar-refractivity contribution in [1.29, 1.82) is 0 Å². The molecule has 1 atom stereocenters. The Morgan fingerprint density at radius 3 is 2.27 bits per heavy atom. The van der Waals surface area contributed by atoms with E-state index in [2.05, 4.69) is 0 Å². The fourth-order valence-corrected chi connectivity index (χ4v) is 2.96. The van der Waals surface area contributed by atoms with Crippen LogP contribution in [0.2, 0.25) is 10.0 Å². The van der Waals surface area contributed by atoms with Gasteiger partial charge in [-0.05, 0) is 38.0 Å². The van der Waals surface area contributed by atoms with Crippen LogP contribution >= 0.6 is 23.2 Å². The van der Waals surface area contributed by atoms with Crippen LogP contribution in [0.5, 0.6) is 5.75 Å². The van der Waals surface area contributed by atoms with Gasteiger partial charge in [0.25, 0.3) is 5.91 Å². The first-order chi connectivity index (χ1) is 10.4. The summed E-state index contributed by atoms with van der Waals surface area (Å²) >= 11 is 11.8. The van der Waals surface area contributed by atoms with Crippen LogP contribution in [0.25, 0.3) is 0 Å². The number of likely N-dealkylation sites (tertiary alicyclic amines) is 1. The second-order valence-electron chi connectivity index (χ2n) is 5.30. The number of carboxylic acid groups (broad SMARTS) is 1. The lowest BCUT2D eigenvalue weighted by molar-refractivity contribution is -0.147. The molecular weight excluding hydrogens is 329 g/mol. The molecule has 1 saturated heterocycles. The Kier molecular flexibility index (Phi) is 5.53. The van der Waals surface area contributed by atoms with Gasteiger partial charge in [-0.15, -0.1) is 0 Å². The van der Waals surface area contributed by atoms with E-state index >= 15 is 0 Å². The third-order valence-corrected chi connectivity index (χ3v) is 4.09. The molecule has 5 nitrogen and oxygen atoms in total. The van der Waals surface area contributed by atoms with E-state index in [9.17, 15) is 9.59 Å². The fourth-order valence-electron chi connectivity index (χ4n) is 2.46. The Morgan fingerprint density at radius 2 is 1.77 bits per heavy atom. The van der Waals surface area contributed by atoms with Gasteiger partial charge in [0.2, 0.25) is 0 Å². The van der Waals surface area contributed by atoms with Crippen LogP contribution in [-0.2, 0) is 9.59 Å². The number of benzene rings is 1. The number of amides is 1. The molecule has 1 aliphatic heterocycles. The second kappa shape index (κ2) is 7.20. The molecule has 0 bridgehead atoms. The largest absolute Gasteiger partial charge is 0.481 e. The maximum absolute atomic E-state index is 12.3. The highest BCUT2D eigenvalue weighted by Crippen LogP contribution is 2.25. The number of nitrogens with zero attached hydrogens (tertiary/aromatic N) is 1. The molecular formula is C15H17Cl2NO4. The van der Waals surface area contributed by atoms with Crippen LogP contribution in [0, 0.1) is 5.92 Å². The van der Waals surface area contributed by atoms with Gasteiger partial charge < -0.3 is 14.7 Å². The number of aliphatic carboxylic acids is 1. The summed E-state index contributed by atoms with van der Waals surface area (Å²) in [5.41, 5.74) is 0. The maximum atomic E-state index is 12.3. The number of piperidine rings is 1. The Labute approximate surface area is 138 Å². The van der Waals surface area contributed by atoms with Crippen LogP contribution < -0.4 is 4.74 Å². The number of carbonyl (C=O) groups is 2. The van der Waals surface area contributed by atoms with Crippen molar-refractivity contribution in [2.45, 2.75) is 25.9 Å². The van der Waals surface area contributed by atoms with E-state index in [0.717, 1.165) is 0 Å². The van der Waals surface area contributed by atoms with Crippen LogP contribution in [0.3, 0.4) is 0 Å². The molecule has 1 aromatic rings. The monoisotopic (exact) mass is 345 g/mol. The molecule has 22 heavy (non-hydrogen) atoms. The molecule has 0 unspecified atom stereocenters. The molecule has 1 aliphatic rings. The Balaban J connectivity index is 1.94. The average molecular weight is 346 g/mol. The number of hydrogen-bond acceptors (Lipinski definition) is 3. The standard InChI is InChI=1S/C15H17Cl2NO4/c1-9(22-13-7-11(16)6-12(17)8-13)14(19)18-4-2-10(3-5-18)15(20)21/h6-10H,2-5H2,1H3,(H,20,21)/t9-/m0/s1. The van der Waals surface area contributed by atoms with E-state index in [-0.39, 0.29) is 11.8 Å². The number of carboxylic acids is 1. The van der Waals surface area contributed by atoms with Crippen molar-refractivity contribution in [1.82, 2.24) is 4.90 Å². The molecule has 0 spiro atoms. The van der Waals surface area contributed by atoms with E-state index in [4.69, 9.17) is 33.0 Å². The van der Waals surface area contributed by atoms with Crippen LogP contribution in [0.15, 0.2) is 18.2 Å². The highest BCUT2D eigenvalue weighted by atomic mass is 35.5. The van der Waals surface area contributed by atoms with Crippen LogP contribution in [-0.4, -0.2) is 41.1 Å².